The number of allylic oxidation sites excluding steroid dienone is 2. The van der Waals surface area contributed by atoms with Crippen LogP contribution in [0, 0.1) is 22.7 Å². The fraction of sp³-hybridized carbons (Fsp3) is 0.800. The summed E-state index contributed by atoms with van der Waals surface area (Å²) < 4.78 is 4.99. The van der Waals surface area contributed by atoms with Crippen molar-refractivity contribution in [2.75, 3.05) is 7.11 Å². The Morgan fingerprint density at radius 3 is 2.29 bits per heavy atom. The van der Waals surface area contributed by atoms with E-state index >= 15 is 0 Å². The Labute approximate surface area is 105 Å². The van der Waals surface area contributed by atoms with Gasteiger partial charge in [-0.1, -0.05) is 32.4 Å². The van der Waals surface area contributed by atoms with Crippen LogP contribution in [0.5, 0.6) is 0 Å². The van der Waals surface area contributed by atoms with Crippen molar-refractivity contribution in [1.82, 2.24) is 0 Å². The molecule has 1 aliphatic carbocycles. The molecule has 1 saturated carbocycles. The van der Waals surface area contributed by atoms with E-state index in [9.17, 15) is 4.79 Å². The lowest BCUT2D eigenvalue weighted by atomic mass is 9.79. The third kappa shape index (κ3) is 2.27. The van der Waals surface area contributed by atoms with E-state index in [2.05, 4.69) is 40.7 Å². The molecule has 0 unspecified atom stereocenters. The largest absolute Gasteiger partial charge is 0.469 e. The van der Waals surface area contributed by atoms with Gasteiger partial charge in [0.15, 0.2) is 0 Å². The fourth-order valence-electron chi connectivity index (χ4n) is 3.29. The van der Waals surface area contributed by atoms with Gasteiger partial charge in [-0.25, -0.2) is 0 Å². The van der Waals surface area contributed by atoms with E-state index < -0.39 is 0 Å². The summed E-state index contributed by atoms with van der Waals surface area (Å²) in [5.74, 6) is 0.821. The van der Waals surface area contributed by atoms with Crippen molar-refractivity contribution in [3.05, 3.63) is 11.6 Å². The number of carbonyl (C=O) groups excluding carboxylic acids is 1. The monoisotopic (exact) mass is 238 g/mol. The summed E-state index contributed by atoms with van der Waals surface area (Å²) in [5.41, 5.74) is 1.18. The van der Waals surface area contributed by atoms with E-state index in [1.165, 1.54) is 12.7 Å². The van der Waals surface area contributed by atoms with E-state index in [4.69, 9.17) is 4.74 Å². The summed E-state index contributed by atoms with van der Waals surface area (Å²) in [6, 6.07) is 0. The number of hydrogen-bond acceptors (Lipinski definition) is 2. The average molecular weight is 238 g/mol. The molecule has 0 amide bonds. The Morgan fingerprint density at radius 1 is 1.41 bits per heavy atom. The Bertz CT molecular complexity index is 337. The first-order valence-electron chi connectivity index (χ1n) is 6.45. The maximum absolute atomic E-state index is 12.0. The van der Waals surface area contributed by atoms with Crippen molar-refractivity contribution in [1.29, 1.82) is 0 Å². The van der Waals surface area contributed by atoms with Gasteiger partial charge in [0.05, 0.1) is 12.5 Å². The van der Waals surface area contributed by atoms with Crippen LogP contribution in [0.1, 0.15) is 48.0 Å². The molecule has 0 aromatic rings. The van der Waals surface area contributed by atoms with Crippen molar-refractivity contribution < 1.29 is 9.53 Å². The maximum atomic E-state index is 12.0. The second-order valence-corrected chi connectivity index (χ2v) is 6.33. The summed E-state index contributed by atoms with van der Waals surface area (Å²) in [6.07, 6.45) is 3.14. The predicted molar refractivity (Wildman–Crippen MR) is 70.6 cm³/mol. The van der Waals surface area contributed by atoms with Gasteiger partial charge >= 0.3 is 5.97 Å². The van der Waals surface area contributed by atoms with Crippen LogP contribution in [0.4, 0.5) is 0 Å². The van der Waals surface area contributed by atoms with E-state index in [0.29, 0.717) is 11.8 Å². The quantitative estimate of drug-likeness (QED) is 0.550. The Morgan fingerprint density at radius 2 is 1.94 bits per heavy atom. The minimum absolute atomic E-state index is 0.0669. The summed E-state index contributed by atoms with van der Waals surface area (Å²) in [5, 5.41) is 0. The highest BCUT2D eigenvalue weighted by Crippen LogP contribution is 2.67. The molecule has 2 heteroatoms. The van der Waals surface area contributed by atoms with Gasteiger partial charge in [0.25, 0.3) is 0 Å². The number of rotatable bonds is 4. The van der Waals surface area contributed by atoms with Gasteiger partial charge in [-0.15, -0.1) is 0 Å². The number of hydrogen-bond donors (Lipinski definition) is 0. The molecule has 0 bridgehead atoms. The smallest absolute Gasteiger partial charge is 0.311 e. The molecule has 1 rings (SSSR count). The molecular formula is C15H26O2. The van der Waals surface area contributed by atoms with Crippen molar-refractivity contribution in [2.24, 2.45) is 22.7 Å². The second kappa shape index (κ2) is 4.47. The molecule has 17 heavy (non-hydrogen) atoms. The molecule has 2 nitrogen and oxygen atoms in total. The summed E-state index contributed by atoms with van der Waals surface area (Å²) >= 11 is 0. The molecule has 0 radical (unpaired) electrons. The Kier molecular flexibility index (Phi) is 3.75. The molecule has 0 saturated heterocycles. The number of esters is 1. The second-order valence-electron chi connectivity index (χ2n) is 6.33. The van der Waals surface area contributed by atoms with E-state index in [0.717, 1.165) is 6.42 Å². The third-order valence-electron chi connectivity index (χ3n) is 4.50. The van der Waals surface area contributed by atoms with E-state index in [1.54, 1.807) is 0 Å². The van der Waals surface area contributed by atoms with Crippen LogP contribution in [0.15, 0.2) is 11.6 Å². The molecule has 0 aromatic carbocycles. The van der Waals surface area contributed by atoms with Crippen LogP contribution in [-0.4, -0.2) is 13.1 Å². The highest BCUT2D eigenvalue weighted by atomic mass is 16.5. The lowest BCUT2D eigenvalue weighted by Gasteiger charge is -2.26. The summed E-state index contributed by atoms with van der Waals surface area (Å²) in [4.78, 5) is 12.0. The average Bonchev–Trinajstić information content (AvgIpc) is 2.77. The normalized spacial score (nSPS) is 29.1. The van der Waals surface area contributed by atoms with Crippen molar-refractivity contribution in [3.63, 3.8) is 0 Å². The zero-order valence-electron chi connectivity index (χ0n) is 12.3. The molecule has 98 valence electrons. The molecule has 3 atom stereocenters. The van der Waals surface area contributed by atoms with Gasteiger partial charge in [-0.2, -0.15) is 0 Å². The van der Waals surface area contributed by atoms with Crippen LogP contribution in [0.25, 0.3) is 0 Å². The molecular weight excluding hydrogens is 212 g/mol. The topological polar surface area (TPSA) is 26.3 Å². The third-order valence-corrected chi connectivity index (χ3v) is 4.50. The maximum Gasteiger partial charge on any atom is 0.311 e. The summed E-state index contributed by atoms with van der Waals surface area (Å²) in [6.45, 7) is 12.9. The SMILES string of the molecule is CC[C@@](C)(C(=O)OC)[C@@H]1[C@H](C=C(C)C)C1(C)C. The lowest BCUT2D eigenvalue weighted by Crippen LogP contribution is -2.32. The number of methoxy groups -OCH3 is 1. The van der Waals surface area contributed by atoms with Gasteiger partial charge in [-0.05, 0) is 44.4 Å². The van der Waals surface area contributed by atoms with Crippen LogP contribution < -0.4 is 0 Å². The molecule has 0 aliphatic heterocycles. The lowest BCUT2D eigenvalue weighted by molar-refractivity contribution is -0.154. The van der Waals surface area contributed by atoms with Crippen molar-refractivity contribution >= 4 is 5.97 Å². The van der Waals surface area contributed by atoms with Crippen molar-refractivity contribution in [2.45, 2.75) is 48.0 Å². The van der Waals surface area contributed by atoms with Crippen molar-refractivity contribution in [3.8, 4) is 0 Å². The molecule has 0 aromatic heterocycles. The zero-order valence-corrected chi connectivity index (χ0v) is 12.3. The molecule has 0 heterocycles. The molecule has 1 fully saturated rings. The van der Waals surface area contributed by atoms with Crippen LogP contribution in [0.3, 0.4) is 0 Å². The highest BCUT2D eigenvalue weighted by Gasteiger charge is 2.65. The van der Waals surface area contributed by atoms with Gasteiger partial charge in [0, 0.05) is 0 Å². The minimum Gasteiger partial charge on any atom is -0.469 e. The van der Waals surface area contributed by atoms with Gasteiger partial charge in [-0.3, -0.25) is 4.79 Å². The Balaban J connectivity index is 3.01. The predicted octanol–water partition coefficient (Wildman–Crippen LogP) is 3.81. The van der Waals surface area contributed by atoms with Crippen LogP contribution >= 0.6 is 0 Å². The van der Waals surface area contributed by atoms with E-state index in [1.807, 2.05) is 6.92 Å². The fourth-order valence-corrected chi connectivity index (χ4v) is 3.29. The standard InChI is InChI=1S/C15H26O2/c1-8-15(6,13(16)17-7)12-11(9-10(2)3)14(12,4)5/h9,11-12H,8H2,1-7H3/t11-,12+,15+/m0/s1. The molecule has 0 spiro atoms. The summed E-state index contributed by atoms with van der Waals surface area (Å²) in [7, 11) is 1.49. The van der Waals surface area contributed by atoms with E-state index in [-0.39, 0.29) is 16.8 Å². The molecule has 0 N–H and O–H groups in total. The number of carbonyl (C=O) groups is 1. The minimum atomic E-state index is -0.352. The Hall–Kier alpha value is -0.790. The zero-order chi connectivity index (χ0) is 13.4. The van der Waals surface area contributed by atoms with Gasteiger partial charge < -0.3 is 4.74 Å². The first-order chi connectivity index (χ1) is 7.71. The van der Waals surface area contributed by atoms with Gasteiger partial charge in [0.1, 0.15) is 0 Å². The van der Waals surface area contributed by atoms with Crippen LogP contribution in [-0.2, 0) is 9.53 Å². The number of ether oxygens (including phenoxy) is 1. The van der Waals surface area contributed by atoms with Gasteiger partial charge in [0.2, 0.25) is 0 Å². The molecule has 1 aliphatic rings. The highest BCUT2D eigenvalue weighted by molar-refractivity contribution is 5.77. The first kappa shape index (κ1) is 14.3. The van der Waals surface area contributed by atoms with Crippen LogP contribution in [0.2, 0.25) is 0 Å². The first-order valence-corrected chi connectivity index (χ1v) is 6.45.